The maximum atomic E-state index is 11.7. The van der Waals surface area contributed by atoms with Gasteiger partial charge in [0.1, 0.15) is 5.75 Å². The fraction of sp³-hybridized carbons (Fsp3) is 0.462. The Morgan fingerprint density at radius 3 is 2.41 bits per heavy atom. The highest BCUT2D eigenvalue weighted by molar-refractivity contribution is 5.94. The Kier molecular flexibility index (Phi) is 4.97. The molecule has 1 rings (SSSR count). The van der Waals surface area contributed by atoms with Gasteiger partial charge in [0, 0.05) is 12.1 Å². The number of nitrogens with one attached hydrogen (secondary N) is 1. The standard InChI is InChI=1S/C13H19NO3/c1-9(2)12(15)8-14-13(16)10-4-6-11(17-3)7-5-10/h4-7,9,12,15H,8H2,1-3H3,(H,14,16). The summed E-state index contributed by atoms with van der Waals surface area (Å²) in [5.74, 6) is 0.655. The molecule has 0 saturated carbocycles. The molecule has 2 N–H and O–H groups in total. The van der Waals surface area contributed by atoms with Gasteiger partial charge in [-0.15, -0.1) is 0 Å². The predicted molar refractivity (Wildman–Crippen MR) is 66.2 cm³/mol. The van der Waals surface area contributed by atoms with E-state index in [9.17, 15) is 9.90 Å². The Bertz CT molecular complexity index is 359. The summed E-state index contributed by atoms with van der Waals surface area (Å²) in [4.78, 5) is 11.7. The number of aliphatic hydroxyl groups is 1. The molecule has 17 heavy (non-hydrogen) atoms. The molecular weight excluding hydrogens is 218 g/mol. The smallest absolute Gasteiger partial charge is 0.251 e. The number of carbonyl (C=O) groups excluding carboxylic acids is 1. The molecule has 94 valence electrons. The summed E-state index contributed by atoms with van der Waals surface area (Å²) < 4.78 is 5.01. The normalized spacial score (nSPS) is 12.3. The van der Waals surface area contributed by atoms with E-state index in [1.54, 1.807) is 31.4 Å². The maximum absolute atomic E-state index is 11.7. The van der Waals surface area contributed by atoms with E-state index in [-0.39, 0.29) is 18.4 Å². The highest BCUT2D eigenvalue weighted by Crippen LogP contribution is 2.11. The fourth-order valence-corrected chi connectivity index (χ4v) is 1.28. The van der Waals surface area contributed by atoms with Crippen LogP contribution < -0.4 is 10.1 Å². The van der Waals surface area contributed by atoms with Crippen LogP contribution in [-0.4, -0.2) is 30.8 Å². The molecule has 4 nitrogen and oxygen atoms in total. The fourth-order valence-electron chi connectivity index (χ4n) is 1.28. The zero-order chi connectivity index (χ0) is 12.8. The quantitative estimate of drug-likeness (QED) is 0.814. The molecule has 1 atom stereocenters. The molecule has 0 aliphatic heterocycles. The predicted octanol–water partition coefficient (Wildman–Crippen LogP) is 1.44. The highest BCUT2D eigenvalue weighted by atomic mass is 16.5. The molecule has 0 aliphatic rings. The van der Waals surface area contributed by atoms with Crippen LogP contribution in [0.5, 0.6) is 5.75 Å². The lowest BCUT2D eigenvalue weighted by molar-refractivity contribution is 0.0871. The molecule has 0 saturated heterocycles. The molecule has 0 heterocycles. The van der Waals surface area contributed by atoms with Crippen molar-refractivity contribution in [2.24, 2.45) is 5.92 Å². The second-order valence-electron chi connectivity index (χ2n) is 4.25. The molecule has 1 aromatic carbocycles. The van der Waals surface area contributed by atoms with Gasteiger partial charge in [0.15, 0.2) is 0 Å². The number of amides is 1. The molecule has 1 unspecified atom stereocenters. The lowest BCUT2D eigenvalue weighted by Crippen LogP contribution is -2.34. The van der Waals surface area contributed by atoms with Gasteiger partial charge < -0.3 is 15.2 Å². The van der Waals surface area contributed by atoms with Crippen molar-refractivity contribution < 1.29 is 14.6 Å². The zero-order valence-electron chi connectivity index (χ0n) is 10.4. The van der Waals surface area contributed by atoms with E-state index in [1.165, 1.54) is 0 Å². The molecule has 0 bridgehead atoms. The first-order valence-electron chi connectivity index (χ1n) is 5.65. The summed E-state index contributed by atoms with van der Waals surface area (Å²) in [6, 6.07) is 6.84. The van der Waals surface area contributed by atoms with Crippen molar-refractivity contribution in [3.05, 3.63) is 29.8 Å². The van der Waals surface area contributed by atoms with E-state index in [0.717, 1.165) is 0 Å². The number of rotatable bonds is 5. The summed E-state index contributed by atoms with van der Waals surface area (Å²) in [5, 5.41) is 12.3. The van der Waals surface area contributed by atoms with Crippen molar-refractivity contribution in [3.63, 3.8) is 0 Å². The van der Waals surface area contributed by atoms with Gasteiger partial charge in [0.05, 0.1) is 13.2 Å². The van der Waals surface area contributed by atoms with Crippen LogP contribution in [0.4, 0.5) is 0 Å². The Labute approximate surface area is 102 Å². The topological polar surface area (TPSA) is 58.6 Å². The van der Waals surface area contributed by atoms with Crippen molar-refractivity contribution in [2.75, 3.05) is 13.7 Å². The van der Waals surface area contributed by atoms with Gasteiger partial charge in [0.2, 0.25) is 0 Å². The SMILES string of the molecule is COc1ccc(C(=O)NCC(O)C(C)C)cc1. The van der Waals surface area contributed by atoms with Crippen LogP contribution in [0.2, 0.25) is 0 Å². The monoisotopic (exact) mass is 237 g/mol. The Balaban J connectivity index is 2.52. The molecule has 1 aromatic rings. The van der Waals surface area contributed by atoms with E-state index < -0.39 is 6.10 Å². The molecular formula is C13H19NO3. The van der Waals surface area contributed by atoms with Gasteiger partial charge in [-0.25, -0.2) is 0 Å². The van der Waals surface area contributed by atoms with Crippen LogP contribution in [0.15, 0.2) is 24.3 Å². The molecule has 0 aromatic heterocycles. The van der Waals surface area contributed by atoms with Gasteiger partial charge in [-0.3, -0.25) is 4.79 Å². The molecule has 0 radical (unpaired) electrons. The second kappa shape index (κ2) is 6.25. The van der Waals surface area contributed by atoms with Gasteiger partial charge in [-0.1, -0.05) is 13.8 Å². The Morgan fingerprint density at radius 1 is 1.35 bits per heavy atom. The third kappa shape index (κ3) is 4.07. The van der Waals surface area contributed by atoms with Crippen LogP contribution >= 0.6 is 0 Å². The molecule has 0 spiro atoms. The minimum absolute atomic E-state index is 0.131. The summed E-state index contributed by atoms with van der Waals surface area (Å²) in [6.45, 7) is 4.08. The average Bonchev–Trinajstić information content (AvgIpc) is 2.35. The lowest BCUT2D eigenvalue weighted by Gasteiger charge is -2.15. The van der Waals surface area contributed by atoms with E-state index >= 15 is 0 Å². The van der Waals surface area contributed by atoms with E-state index in [2.05, 4.69) is 5.32 Å². The van der Waals surface area contributed by atoms with Gasteiger partial charge >= 0.3 is 0 Å². The Morgan fingerprint density at radius 2 is 1.94 bits per heavy atom. The number of hydrogen-bond acceptors (Lipinski definition) is 3. The van der Waals surface area contributed by atoms with Crippen LogP contribution in [0, 0.1) is 5.92 Å². The van der Waals surface area contributed by atoms with Crippen molar-refractivity contribution >= 4 is 5.91 Å². The first-order valence-corrected chi connectivity index (χ1v) is 5.65. The number of benzene rings is 1. The molecule has 4 heteroatoms. The van der Waals surface area contributed by atoms with Crippen molar-refractivity contribution in [3.8, 4) is 5.75 Å². The van der Waals surface area contributed by atoms with E-state index in [4.69, 9.17) is 4.74 Å². The third-order valence-electron chi connectivity index (χ3n) is 2.59. The third-order valence-corrected chi connectivity index (χ3v) is 2.59. The van der Waals surface area contributed by atoms with Crippen LogP contribution in [0.25, 0.3) is 0 Å². The number of hydrogen-bond donors (Lipinski definition) is 2. The van der Waals surface area contributed by atoms with Crippen molar-refractivity contribution in [1.29, 1.82) is 0 Å². The van der Waals surface area contributed by atoms with Crippen LogP contribution in [-0.2, 0) is 0 Å². The first-order chi connectivity index (χ1) is 8.04. The summed E-state index contributed by atoms with van der Waals surface area (Å²) in [6.07, 6.45) is -0.516. The minimum atomic E-state index is -0.516. The molecule has 0 aliphatic carbocycles. The number of methoxy groups -OCH3 is 1. The minimum Gasteiger partial charge on any atom is -0.497 e. The van der Waals surface area contributed by atoms with Crippen molar-refractivity contribution in [2.45, 2.75) is 20.0 Å². The van der Waals surface area contributed by atoms with Gasteiger partial charge in [-0.2, -0.15) is 0 Å². The average molecular weight is 237 g/mol. The summed E-state index contributed by atoms with van der Waals surface area (Å²) in [7, 11) is 1.58. The number of aliphatic hydroxyl groups excluding tert-OH is 1. The highest BCUT2D eigenvalue weighted by Gasteiger charge is 2.11. The Hall–Kier alpha value is -1.55. The van der Waals surface area contributed by atoms with Gasteiger partial charge in [-0.05, 0) is 30.2 Å². The van der Waals surface area contributed by atoms with E-state index in [1.807, 2.05) is 13.8 Å². The summed E-state index contributed by atoms with van der Waals surface area (Å²) >= 11 is 0. The zero-order valence-corrected chi connectivity index (χ0v) is 10.4. The number of ether oxygens (including phenoxy) is 1. The van der Waals surface area contributed by atoms with Crippen molar-refractivity contribution in [1.82, 2.24) is 5.32 Å². The summed E-state index contributed by atoms with van der Waals surface area (Å²) in [5.41, 5.74) is 0.557. The molecule has 0 fully saturated rings. The number of carbonyl (C=O) groups is 1. The first kappa shape index (κ1) is 13.5. The second-order valence-corrected chi connectivity index (χ2v) is 4.25. The van der Waals surface area contributed by atoms with Gasteiger partial charge in [0.25, 0.3) is 5.91 Å². The van der Waals surface area contributed by atoms with E-state index in [0.29, 0.717) is 11.3 Å². The largest absolute Gasteiger partial charge is 0.497 e. The maximum Gasteiger partial charge on any atom is 0.251 e. The molecule has 1 amide bonds. The lowest BCUT2D eigenvalue weighted by atomic mass is 10.1. The van der Waals surface area contributed by atoms with Crippen LogP contribution in [0.3, 0.4) is 0 Å². The van der Waals surface area contributed by atoms with Crippen LogP contribution in [0.1, 0.15) is 24.2 Å².